The summed E-state index contributed by atoms with van der Waals surface area (Å²) in [5.74, 6) is -0.161. The number of nitrogens with zero attached hydrogens (tertiary/aromatic N) is 2. The van der Waals surface area contributed by atoms with Gasteiger partial charge >= 0.3 is 6.03 Å². The van der Waals surface area contributed by atoms with Gasteiger partial charge in [0.15, 0.2) is 0 Å². The summed E-state index contributed by atoms with van der Waals surface area (Å²) in [5, 5.41) is 6.27. The third-order valence-corrected chi connectivity index (χ3v) is 2.33. The Morgan fingerprint density at radius 3 is 2.56 bits per heavy atom. The van der Waals surface area contributed by atoms with E-state index in [-0.39, 0.29) is 23.8 Å². The molecular formula is C10H13N3O3. The van der Waals surface area contributed by atoms with E-state index in [4.69, 9.17) is 4.52 Å². The van der Waals surface area contributed by atoms with Crippen molar-refractivity contribution < 1.29 is 14.1 Å². The first-order chi connectivity index (χ1) is 7.39. The molecule has 16 heavy (non-hydrogen) atoms. The van der Waals surface area contributed by atoms with Gasteiger partial charge in [0.1, 0.15) is 0 Å². The van der Waals surface area contributed by atoms with Gasteiger partial charge in [-0.1, -0.05) is 25.9 Å². The molecule has 0 saturated carbocycles. The van der Waals surface area contributed by atoms with Gasteiger partial charge < -0.3 is 9.84 Å². The maximum atomic E-state index is 11.4. The number of urea groups is 1. The van der Waals surface area contributed by atoms with Crippen LogP contribution in [0.15, 0.2) is 10.6 Å². The average molecular weight is 223 g/mol. The lowest BCUT2D eigenvalue weighted by atomic mass is 9.92. The van der Waals surface area contributed by atoms with Crippen LogP contribution in [0.3, 0.4) is 0 Å². The van der Waals surface area contributed by atoms with Gasteiger partial charge in [0, 0.05) is 11.5 Å². The highest BCUT2D eigenvalue weighted by molar-refractivity contribution is 6.19. The first-order valence-electron chi connectivity index (χ1n) is 4.97. The summed E-state index contributed by atoms with van der Waals surface area (Å²) < 4.78 is 5.01. The molecule has 0 aromatic carbocycles. The Morgan fingerprint density at radius 1 is 1.44 bits per heavy atom. The minimum Gasteiger partial charge on any atom is -0.337 e. The van der Waals surface area contributed by atoms with E-state index in [0.29, 0.717) is 5.69 Å². The van der Waals surface area contributed by atoms with E-state index < -0.39 is 6.03 Å². The molecule has 6 nitrogen and oxygen atoms in total. The van der Waals surface area contributed by atoms with Crippen LogP contribution in [0.5, 0.6) is 0 Å². The number of hydrogen-bond acceptors (Lipinski definition) is 4. The maximum Gasteiger partial charge on any atom is 0.331 e. The monoisotopic (exact) mass is 223 g/mol. The molecule has 6 heteroatoms. The molecular weight excluding hydrogens is 210 g/mol. The first-order valence-corrected chi connectivity index (χ1v) is 4.97. The number of carbonyl (C=O) groups excluding carboxylic acids is 2. The highest BCUT2D eigenvalue weighted by Crippen LogP contribution is 2.26. The van der Waals surface area contributed by atoms with E-state index in [1.807, 2.05) is 20.8 Å². The second-order valence-electron chi connectivity index (χ2n) is 4.69. The second-order valence-corrected chi connectivity index (χ2v) is 4.69. The van der Waals surface area contributed by atoms with Crippen molar-refractivity contribution in [1.29, 1.82) is 0 Å². The van der Waals surface area contributed by atoms with Gasteiger partial charge in [-0.3, -0.25) is 4.79 Å². The summed E-state index contributed by atoms with van der Waals surface area (Å²) in [5.41, 5.74) is 0.524. The van der Waals surface area contributed by atoms with E-state index in [1.54, 1.807) is 6.07 Å². The second kappa shape index (κ2) is 3.33. The largest absolute Gasteiger partial charge is 0.337 e. The average Bonchev–Trinajstić information content (AvgIpc) is 2.72. The lowest BCUT2D eigenvalue weighted by molar-refractivity contribution is -0.116. The summed E-state index contributed by atoms with van der Waals surface area (Å²) in [6.07, 6.45) is 0. The summed E-state index contributed by atoms with van der Waals surface area (Å²) in [7, 11) is 0. The number of hydrogen-bond donors (Lipinski definition) is 1. The molecule has 0 aliphatic carbocycles. The predicted octanol–water partition coefficient (Wildman–Crippen LogP) is 1.03. The Labute approximate surface area is 92.6 Å². The molecule has 1 N–H and O–H groups in total. The third kappa shape index (κ3) is 1.66. The normalized spacial score (nSPS) is 16.8. The van der Waals surface area contributed by atoms with Gasteiger partial charge in [0.25, 0.3) is 5.91 Å². The van der Waals surface area contributed by atoms with Crippen molar-refractivity contribution >= 4 is 17.8 Å². The molecule has 1 aromatic heterocycles. The van der Waals surface area contributed by atoms with Crippen molar-refractivity contribution in [3.63, 3.8) is 0 Å². The van der Waals surface area contributed by atoms with Gasteiger partial charge in [0.2, 0.25) is 5.88 Å². The molecule has 0 atom stereocenters. The molecule has 0 spiro atoms. The fourth-order valence-corrected chi connectivity index (χ4v) is 1.37. The number of imide groups is 1. The zero-order chi connectivity index (χ0) is 11.9. The van der Waals surface area contributed by atoms with E-state index in [9.17, 15) is 9.59 Å². The Bertz CT molecular complexity index is 428. The number of rotatable bonds is 1. The van der Waals surface area contributed by atoms with Gasteiger partial charge in [-0.2, -0.15) is 4.90 Å². The van der Waals surface area contributed by atoms with Crippen molar-refractivity contribution in [2.45, 2.75) is 26.2 Å². The molecule has 1 aliphatic rings. The predicted molar refractivity (Wildman–Crippen MR) is 56.1 cm³/mol. The van der Waals surface area contributed by atoms with Crippen molar-refractivity contribution in [2.24, 2.45) is 0 Å². The number of anilines is 1. The molecule has 1 aliphatic heterocycles. The lowest BCUT2D eigenvalue weighted by Gasteiger charge is -2.12. The Kier molecular flexibility index (Phi) is 2.22. The smallest absolute Gasteiger partial charge is 0.331 e. The highest BCUT2D eigenvalue weighted by Gasteiger charge is 2.34. The lowest BCUT2D eigenvalue weighted by Crippen LogP contribution is -2.30. The molecule has 0 radical (unpaired) electrons. The van der Waals surface area contributed by atoms with Crippen LogP contribution in [0.1, 0.15) is 26.5 Å². The van der Waals surface area contributed by atoms with Crippen LogP contribution in [0.2, 0.25) is 0 Å². The summed E-state index contributed by atoms with van der Waals surface area (Å²) >= 11 is 0. The Morgan fingerprint density at radius 2 is 2.12 bits per heavy atom. The van der Waals surface area contributed by atoms with Gasteiger partial charge in [-0.05, 0) is 0 Å². The van der Waals surface area contributed by atoms with Crippen molar-refractivity contribution in [2.75, 3.05) is 11.4 Å². The van der Waals surface area contributed by atoms with Crippen LogP contribution < -0.4 is 10.2 Å². The zero-order valence-corrected chi connectivity index (χ0v) is 9.40. The quantitative estimate of drug-likeness (QED) is 0.721. The molecule has 3 amide bonds. The summed E-state index contributed by atoms with van der Waals surface area (Å²) in [6, 6.07) is 1.14. The number of aromatic nitrogens is 1. The van der Waals surface area contributed by atoms with Crippen LogP contribution in [-0.2, 0) is 10.2 Å². The topological polar surface area (TPSA) is 75.4 Å². The van der Waals surface area contributed by atoms with Crippen LogP contribution in [0, 0.1) is 0 Å². The third-order valence-electron chi connectivity index (χ3n) is 2.33. The molecule has 2 rings (SSSR count). The number of amides is 3. The standard InChI is InChI=1S/C10H13N3O3/c1-10(2,3)6-4-8(16-12-6)13-7(14)5-11-9(13)15/h4H,5H2,1-3H3,(H,11,15). The fourth-order valence-electron chi connectivity index (χ4n) is 1.37. The van der Waals surface area contributed by atoms with Crippen LogP contribution in [-0.4, -0.2) is 23.6 Å². The first kappa shape index (κ1) is 10.7. The van der Waals surface area contributed by atoms with Crippen LogP contribution >= 0.6 is 0 Å². The zero-order valence-electron chi connectivity index (χ0n) is 9.40. The van der Waals surface area contributed by atoms with Gasteiger partial charge in [0.05, 0.1) is 12.2 Å². The fraction of sp³-hybridized carbons (Fsp3) is 0.500. The maximum absolute atomic E-state index is 11.4. The van der Waals surface area contributed by atoms with Crippen LogP contribution in [0.25, 0.3) is 0 Å². The molecule has 1 fully saturated rings. The number of nitrogens with one attached hydrogen (secondary N) is 1. The van der Waals surface area contributed by atoms with Gasteiger partial charge in [-0.25, -0.2) is 4.79 Å². The Balaban J connectivity index is 2.32. The SMILES string of the molecule is CC(C)(C)c1cc(N2C(=O)CNC2=O)on1. The molecule has 0 unspecified atom stereocenters. The van der Waals surface area contributed by atoms with Crippen LogP contribution in [0.4, 0.5) is 10.7 Å². The van der Waals surface area contributed by atoms with E-state index >= 15 is 0 Å². The van der Waals surface area contributed by atoms with Crippen molar-refractivity contribution in [3.8, 4) is 0 Å². The minimum absolute atomic E-state index is 0.00435. The van der Waals surface area contributed by atoms with E-state index in [0.717, 1.165) is 4.90 Å². The molecule has 0 bridgehead atoms. The van der Waals surface area contributed by atoms with E-state index in [2.05, 4.69) is 10.5 Å². The minimum atomic E-state index is -0.471. The highest BCUT2D eigenvalue weighted by atomic mass is 16.5. The van der Waals surface area contributed by atoms with Crippen molar-refractivity contribution in [1.82, 2.24) is 10.5 Å². The molecule has 1 aromatic rings. The molecule has 2 heterocycles. The van der Waals surface area contributed by atoms with Gasteiger partial charge in [-0.15, -0.1) is 0 Å². The summed E-state index contributed by atoms with van der Waals surface area (Å²) in [6.45, 7) is 5.92. The number of carbonyl (C=O) groups is 2. The van der Waals surface area contributed by atoms with Crippen molar-refractivity contribution in [3.05, 3.63) is 11.8 Å². The summed E-state index contributed by atoms with van der Waals surface area (Å²) in [4.78, 5) is 23.7. The molecule has 86 valence electrons. The molecule has 1 saturated heterocycles. The van der Waals surface area contributed by atoms with E-state index in [1.165, 1.54) is 0 Å². The Hall–Kier alpha value is -1.85.